The molecule has 1 rings (SSSR count). The summed E-state index contributed by atoms with van der Waals surface area (Å²) in [6, 6.07) is 0. The Morgan fingerprint density at radius 3 is 2.55 bits per heavy atom. The Labute approximate surface area is 122 Å². The molecule has 0 aliphatic heterocycles. The number of hydrogen-bond donors (Lipinski definition) is 1. The normalized spacial score (nSPS) is 11.9. The molecular formula is C11H18ClN3O4S. The maximum Gasteiger partial charge on any atom is 0.275 e. The van der Waals surface area contributed by atoms with Crippen LogP contribution in [0.4, 0.5) is 0 Å². The lowest BCUT2D eigenvalue weighted by molar-refractivity contribution is 0.0735. The first-order valence-electron chi connectivity index (χ1n) is 5.97. The van der Waals surface area contributed by atoms with Gasteiger partial charge in [0.15, 0.2) is 5.69 Å². The molecule has 0 aliphatic carbocycles. The van der Waals surface area contributed by atoms with Crippen LogP contribution in [0.15, 0.2) is 4.90 Å². The highest BCUT2D eigenvalue weighted by Crippen LogP contribution is 2.28. The number of halogens is 1. The zero-order chi connectivity index (χ0) is 15.5. The molecule has 0 radical (unpaired) electrons. The number of ether oxygens (including phenoxy) is 1. The van der Waals surface area contributed by atoms with E-state index in [1.807, 2.05) is 0 Å². The van der Waals surface area contributed by atoms with Gasteiger partial charge in [-0.15, -0.1) is 0 Å². The average Bonchev–Trinajstić information content (AvgIpc) is 2.79. The lowest BCUT2D eigenvalue weighted by atomic mass is 10.1. The van der Waals surface area contributed by atoms with E-state index in [4.69, 9.17) is 15.4 Å². The summed E-state index contributed by atoms with van der Waals surface area (Å²) in [5.41, 5.74) is 0.130. The number of amides is 1. The summed E-state index contributed by atoms with van der Waals surface area (Å²) in [6.45, 7) is 4.22. The molecule has 114 valence electrons. The average molecular weight is 324 g/mol. The minimum atomic E-state index is -4.07. The van der Waals surface area contributed by atoms with Gasteiger partial charge in [-0.25, -0.2) is 8.42 Å². The summed E-state index contributed by atoms with van der Waals surface area (Å²) >= 11 is 0. The summed E-state index contributed by atoms with van der Waals surface area (Å²) in [5, 5.41) is 6.39. The van der Waals surface area contributed by atoms with E-state index < -0.39 is 15.0 Å². The second-order valence-electron chi connectivity index (χ2n) is 4.63. The number of hydrogen-bond acceptors (Lipinski definition) is 5. The molecule has 0 fully saturated rings. The molecule has 20 heavy (non-hydrogen) atoms. The van der Waals surface area contributed by atoms with Crippen LogP contribution in [-0.2, 0) is 13.8 Å². The van der Waals surface area contributed by atoms with E-state index >= 15 is 0 Å². The van der Waals surface area contributed by atoms with Crippen molar-refractivity contribution in [3.63, 3.8) is 0 Å². The van der Waals surface area contributed by atoms with Crippen molar-refractivity contribution in [3.05, 3.63) is 11.4 Å². The molecule has 0 atom stereocenters. The van der Waals surface area contributed by atoms with Gasteiger partial charge >= 0.3 is 0 Å². The summed E-state index contributed by atoms with van der Waals surface area (Å²) in [7, 11) is 4.41. The number of nitrogens with one attached hydrogen (secondary N) is 1. The Kier molecular flexibility index (Phi) is 5.55. The van der Waals surface area contributed by atoms with Crippen LogP contribution in [0, 0.1) is 0 Å². The van der Waals surface area contributed by atoms with Crippen molar-refractivity contribution < 1.29 is 17.9 Å². The number of carbonyl (C=O) groups excluding carboxylic acids is 1. The van der Waals surface area contributed by atoms with E-state index in [1.165, 1.54) is 19.1 Å². The summed E-state index contributed by atoms with van der Waals surface area (Å²) in [5.74, 6) is -0.679. The van der Waals surface area contributed by atoms with Crippen LogP contribution in [0.1, 0.15) is 35.9 Å². The molecule has 1 N–H and O–H groups in total. The van der Waals surface area contributed by atoms with Gasteiger partial charge < -0.3 is 9.64 Å². The van der Waals surface area contributed by atoms with Gasteiger partial charge in [0.25, 0.3) is 15.0 Å². The summed E-state index contributed by atoms with van der Waals surface area (Å²) < 4.78 is 28.3. The zero-order valence-electron chi connectivity index (χ0n) is 11.8. The van der Waals surface area contributed by atoms with Crippen LogP contribution in [-0.4, -0.2) is 56.7 Å². The molecule has 0 saturated heterocycles. The van der Waals surface area contributed by atoms with Crippen molar-refractivity contribution in [2.45, 2.75) is 24.7 Å². The van der Waals surface area contributed by atoms with E-state index in [0.29, 0.717) is 18.8 Å². The van der Waals surface area contributed by atoms with E-state index in [9.17, 15) is 13.2 Å². The molecule has 1 heterocycles. The number of aromatic nitrogens is 2. The Morgan fingerprint density at radius 1 is 1.50 bits per heavy atom. The molecule has 0 unspecified atom stereocenters. The summed E-state index contributed by atoms with van der Waals surface area (Å²) in [4.78, 5) is 13.3. The molecule has 0 aromatic carbocycles. The van der Waals surface area contributed by atoms with Gasteiger partial charge in [-0.1, -0.05) is 13.8 Å². The fourth-order valence-electron chi connectivity index (χ4n) is 1.64. The maximum absolute atomic E-state index is 12.2. The molecule has 1 aromatic rings. The minimum absolute atomic E-state index is 0.156. The van der Waals surface area contributed by atoms with Gasteiger partial charge in [-0.05, 0) is 5.92 Å². The van der Waals surface area contributed by atoms with Gasteiger partial charge in [0.1, 0.15) is 4.90 Å². The van der Waals surface area contributed by atoms with Crippen LogP contribution in [0.2, 0.25) is 0 Å². The molecule has 0 saturated carbocycles. The molecule has 1 aromatic heterocycles. The van der Waals surface area contributed by atoms with Crippen LogP contribution in [0.25, 0.3) is 0 Å². The number of likely N-dealkylation sites (N-methyl/N-ethyl adjacent to an activating group) is 1. The van der Waals surface area contributed by atoms with Crippen molar-refractivity contribution in [2.75, 3.05) is 27.3 Å². The predicted octanol–water partition coefficient (Wildman–Crippen LogP) is 1.18. The van der Waals surface area contributed by atoms with Gasteiger partial charge in [0.2, 0.25) is 0 Å². The monoisotopic (exact) mass is 323 g/mol. The molecular weight excluding hydrogens is 306 g/mol. The number of aromatic amines is 1. The third-order valence-electron chi connectivity index (χ3n) is 2.75. The number of rotatable bonds is 6. The van der Waals surface area contributed by atoms with E-state index in [0.717, 1.165) is 0 Å². The Balaban J connectivity index is 3.23. The number of nitrogens with zero attached hydrogens (tertiary/aromatic N) is 2. The second-order valence-corrected chi connectivity index (χ2v) is 7.13. The molecule has 0 spiro atoms. The van der Waals surface area contributed by atoms with Crippen molar-refractivity contribution >= 4 is 25.6 Å². The van der Waals surface area contributed by atoms with Crippen LogP contribution < -0.4 is 0 Å². The Hall–Kier alpha value is -1.12. The lowest BCUT2D eigenvalue weighted by Crippen LogP contribution is -2.31. The quantitative estimate of drug-likeness (QED) is 0.793. The molecule has 0 aliphatic rings. The molecule has 7 nitrogen and oxygen atoms in total. The molecule has 1 amide bonds. The first kappa shape index (κ1) is 16.9. The number of carbonyl (C=O) groups is 1. The smallest absolute Gasteiger partial charge is 0.275 e. The van der Waals surface area contributed by atoms with Crippen molar-refractivity contribution in [2.24, 2.45) is 0 Å². The van der Waals surface area contributed by atoms with Gasteiger partial charge in [-0.2, -0.15) is 5.10 Å². The lowest BCUT2D eigenvalue weighted by Gasteiger charge is -2.15. The summed E-state index contributed by atoms with van der Waals surface area (Å²) in [6.07, 6.45) is 0. The van der Waals surface area contributed by atoms with Crippen LogP contribution in [0.3, 0.4) is 0 Å². The third kappa shape index (κ3) is 3.71. The minimum Gasteiger partial charge on any atom is -0.383 e. The number of H-pyrrole nitrogens is 1. The third-order valence-corrected chi connectivity index (χ3v) is 4.11. The molecule has 9 heteroatoms. The zero-order valence-corrected chi connectivity index (χ0v) is 13.4. The predicted molar refractivity (Wildman–Crippen MR) is 74.6 cm³/mol. The van der Waals surface area contributed by atoms with Crippen molar-refractivity contribution in [1.29, 1.82) is 0 Å². The Bertz CT molecular complexity index is 582. The van der Waals surface area contributed by atoms with Crippen molar-refractivity contribution in [3.8, 4) is 0 Å². The van der Waals surface area contributed by atoms with Crippen LogP contribution >= 0.6 is 10.7 Å². The SMILES string of the molecule is COCCN(C)C(=O)c1n[nH]c(C(C)C)c1S(=O)(=O)Cl. The van der Waals surface area contributed by atoms with E-state index in [-0.39, 0.29) is 16.5 Å². The largest absolute Gasteiger partial charge is 0.383 e. The highest BCUT2D eigenvalue weighted by atomic mass is 35.7. The van der Waals surface area contributed by atoms with Crippen molar-refractivity contribution in [1.82, 2.24) is 15.1 Å². The topological polar surface area (TPSA) is 92.4 Å². The van der Waals surface area contributed by atoms with Gasteiger partial charge in [0, 0.05) is 31.4 Å². The fraction of sp³-hybridized carbons (Fsp3) is 0.636. The first-order chi connectivity index (χ1) is 9.20. The van der Waals surface area contributed by atoms with E-state index in [1.54, 1.807) is 13.8 Å². The maximum atomic E-state index is 12.2. The van der Waals surface area contributed by atoms with Gasteiger partial charge in [-0.3, -0.25) is 9.89 Å². The Morgan fingerprint density at radius 2 is 2.10 bits per heavy atom. The highest BCUT2D eigenvalue weighted by Gasteiger charge is 2.30. The van der Waals surface area contributed by atoms with E-state index in [2.05, 4.69) is 10.2 Å². The fourth-order valence-corrected chi connectivity index (χ4v) is 3.02. The highest BCUT2D eigenvalue weighted by molar-refractivity contribution is 8.13. The first-order valence-corrected chi connectivity index (χ1v) is 8.28. The standard InChI is InChI=1S/C11H18ClN3O4S/c1-7(2)8-10(20(12,17)18)9(14-13-8)11(16)15(3)5-6-19-4/h7H,5-6H2,1-4H3,(H,13,14). The molecule has 0 bridgehead atoms. The second kappa shape index (κ2) is 6.55. The van der Waals surface area contributed by atoms with Gasteiger partial charge in [0.05, 0.1) is 12.3 Å². The van der Waals surface area contributed by atoms with Crippen LogP contribution in [0.5, 0.6) is 0 Å². The number of methoxy groups -OCH3 is 1.